The molecule has 1 amide bonds. The maximum atomic E-state index is 11.8. The average Bonchev–Trinajstić information content (AvgIpc) is 2.66. The van der Waals surface area contributed by atoms with Gasteiger partial charge >= 0.3 is 0 Å². The number of anilines is 1. The first-order valence-electron chi connectivity index (χ1n) is 8.16. The molecule has 2 N–H and O–H groups in total. The lowest BCUT2D eigenvalue weighted by molar-refractivity contribution is -0.119. The number of carbonyl (C=O) groups is 1. The van der Waals surface area contributed by atoms with Crippen LogP contribution in [0, 0.1) is 6.92 Å². The highest BCUT2D eigenvalue weighted by atomic mass is 16.5. The number of benzene rings is 2. The highest BCUT2D eigenvalue weighted by Crippen LogP contribution is 2.27. The fourth-order valence-corrected chi connectivity index (χ4v) is 2.10. The maximum absolute atomic E-state index is 11.8. The largest absolute Gasteiger partial charge is 0.493 e. The molecule has 0 bridgehead atoms. The van der Waals surface area contributed by atoms with Crippen molar-refractivity contribution in [3.05, 3.63) is 66.2 Å². The Morgan fingerprint density at radius 3 is 2.65 bits per heavy atom. The van der Waals surface area contributed by atoms with E-state index in [0.29, 0.717) is 18.1 Å². The van der Waals surface area contributed by atoms with Crippen LogP contribution in [-0.4, -0.2) is 32.4 Å². The molecular weight excluding hydrogens is 330 g/mol. The minimum absolute atomic E-state index is 0.137. The zero-order valence-corrected chi connectivity index (χ0v) is 15.0. The number of nitrogens with zero attached hydrogens (tertiary/aromatic N) is 1. The van der Waals surface area contributed by atoms with Gasteiger partial charge in [-0.05, 0) is 42.8 Å². The van der Waals surface area contributed by atoms with Gasteiger partial charge in [0, 0.05) is 5.69 Å². The van der Waals surface area contributed by atoms with Gasteiger partial charge in [-0.25, -0.2) is 5.43 Å². The standard InChI is InChI=1S/C20H23N3O3/c1-4-11-26-18-10-7-16(12-19(18)25-3)13-22-23-20(24)14-21-17-8-5-15(2)6-9-17/h4-10,12-13,21H,1,11,14H2,2-3H3,(H,23,24)/b22-13-. The van der Waals surface area contributed by atoms with Gasteiger partial charge in [0.05, 0.1) is 19.9 Å². The summed E-state index contributed by atoms with van der Waals surface area (Å²) in [5.74, 6) is 0.971. The number of nitrogens with one attached hydrogen (secondary N) is 2. The van der Waals surface area contributed by atoms with Crippen LogP contribution in [0.25, 0.3) is 0 Å². The number of amides is 1. The summed E-state index contributed by atoms with van der Waals surface area (Å²) in [7, 11) is 1.57. The Labute approximate surface area is 153 Å². The monoisotopic (exact) mass is 353 g/mol. The summed E-state index contributed by atoms with van der Waals surface area (Å²) in [5.41, 5.74) is 5.31. The third kappa shape index (κ3) is 5.98. The Bertz CT molecular complexity index is 770. The SMILES string of the molecule is C=CCOc1ccc(/C=N\NC(=O)CNc2ccc(C)cc2)cc1OC. The van der Waals surface area contributed by atoms with Crippen molar-refractivity contribution >= 4 is 17.8 Å². The quantitative estimate of drug-likeness (QED) is 0.413. The predicted molar refractivity (Wildman–Crippen MR) is 104 cm³/mol. The molecule has 6 nitrogen and oxygen atoms in total. The van der Waals surface area contributed by atoms with E-state index in [4.69, 9.17) is 9.47 Å². The molecule has 0 aliphatic heterocycles. The summed E-state index contributed by atoms with van der Waals surface area (Å²) < 4.78 is 10.8. The first kappa shape index (κ1) is 19.1. The van der Waals surface area contributed by atoms with Crippen LogP contribution in [0.1, 0.15) is 11.1 Å². The molecule has 0 heterocycles. The van der Waals surface area contributed by atoms with E-state index >= 15 is 0 Å². The third-order valence-corrected chi connectivity index (χ3v) is 3.45. The number of rotatable bonds is 9. The van der Waals surface area contributed by atoms with Crippen molar-refractivity contribution in [1.82, 2.24) is 5.43 Å². The lowest BCUT2D eigenvalue weighted by Gasteiger charge is -2.09. The van der Waals surface area contributed by atoms with E-state index in [9.17, 15) is 4.79 Å². The average molecular weight is 353 g/mol. The molecule has 0 aromatic heterocycles. The van der Waals surface area contributed by atoms with Gasteiger partial charge in [-0.2, -0.15) is 5.10 Å². The number of hydrogen-bond acceptors (Lipinski definition) is 5. The van der Waals surface area contributed by atoms with E-state index in [1.54, 1.807) is 31.5 Å². The van der Waals surface area contributed by atoms with Crippen LogP contribution in [-0.2, 0) is 4.79 Å². The van der Waals surface area contributed by atoms with Crippen LogP contribution in [0.15, 0.2) is 60.2 Å². The van der Waals surface area contributed by atoms with E-state index < -0.39 is 0 Å². The van der Waals surface area contributed by atoms with Crippen LogP contribution in [0.5, 0.6) is 11.5 Å². The van der Waals surface area contributed by atoms with Crippen LogP contribution < -0.4 is 20.2 Å². The summed E-state index contributed by atoms with van der Waals surface area (Å²) >= 11 is 0. The number of hydrogen-bond donors (Lipinski definition) is 2. The molecule has 0 saturated carbocycles. The molecule has 0 aliphatic carbocycles. The van der Waals surface area contributed by atoms with Gasteiger partial charge in [0.1, 0.15) is 6.61 Å². The Hall–Kier alpha value is -3.28. The van der Waals surface area contributed by atoms with Crippen LogP contribution in [0.3, 0.4) is 0 Å². The number of aryl methyl sites for hydroxylation is 1. The van der Waals surface area contributed by atoms with E-state index in [0.717, 1.165) is 11.3 Å². The van der Waals surface area contributed by atoms with E-state index in [2.05, 4.69) is 22.4 Å². The van der Waals surface area contributed by atoms with Crippen molar-refractivity contribution in [1.29, 1.82) is 0 Å². The minimum Gasteiger partial charge on any atom is -0.493 e. The number of methoxy groups -OCH3 is 1. The number of hydrazone groups is 1. The van der Waals surface area contributed by atoms with Gasteiger partial charge in [-0.3, -0.25) is 4.79 Å². The van der Waals surface area contributed by atoms with Crippen molar-refractivity contribution in [2.75, 3.05) is 25.6 Å². The molecule has 0 fully saturated rings. The van der Waals surface area contributed by atoms with Crippen molar-refractivity contribution in [3.8, 4) is 11.5 Å². The fourth-order valence-electron chi connectivity index (χ4n) is 2.10. The molecule has 2 rings (SSSR count). The predicted octanol–water partition coefficient (Wildman–Crippen LogP) is 3.13. The summed E-state index contributed by atoms with van der Waals surface area (Å²) in [4.78, 5) is 11.8. The highest BCUT2D eigenvalue weighted by molar-refractivity contribution is 5.84. The topological polar surface area (TPSA) is 72.0 Å². The first-order chi connectivity index (χ1) is 12.6. The fraction of sp³-hybridized carbons (Fsp3) is 0.200. The van der Waals surface area contributed by atoms with E-state index in [1.165, 1.54) is 5.56 Å². The molecular formula is C20H23N3O3. The van der Waals surface area contributed by atoms with Crippen LogP contribution in [0.4, 0.5) is 5.69 Å². The van der Waals surface area contributed by atoms with Crippen LogP contribution in [0.2, 0.25) is 0 Å². The van der Waals surface area contributed by atoms with Crippen molar-refractivity contribution in [2.45, 2.75) is 6.92 Å². The minimum atomic E-state index is -0.236. The Morgan fingerprint density at radius 1 is 1.19 bits per heavy atom. The zero-order valence-electron chi connectivity index (χ0n) is 15.0. The third-order valence-electron chi connectivity index (χ3n) is 3.45. The molecule has 0 spiro atoms. The lowest BCUT2D eigenvalue weighted by Crippen LogP contribution is -2.25. The summed E-state index contributed by atoms with van der Waals surface area (Å²) in [6.45, 7) is 6.16. The van der Waals surface area contributed by atoms with Gasteiger partial charge in [-0.15, -0.1) is 0 Å². The Balaban J connectivity index is 1.85. The maximum Gasteiger partial charge on any atom is 0.259 e. The van der Waals surface area contributed by atoms with Crippen molar-refractivity contribution in [3.63, 3.8) is 0 Å². The molecule has 2 aromatic carbocycles. The molecule has 0 aliphatic rings. The van der Waals surface area contributed by atoms with Crippen molar-refractivity contribution in [2.24, 2.45) is 5.10 Å². The van der Waals surface area contributed by atoms with Gasteiger partial charge in [0.2, 0.25) is 0 Å². The molecule has 2 aromatic rings. The van der Waals surface area contributed by atoms with E-state index in [-0.39, 0.29) is 12.5 Å². The van der Waals surface area contributed by atoms with Gasteiger partial charge in [0.15, 0.2) is 11.5 Å². The zero-order chi connectivity index (χ0) is 18.8. The van der Waals surface area contributed by atoms with E-state index in [1.807, 2.05) is 37.3 Å². The summed E-state index contributed by atoms with van der Waals surface area (Å²) in [5, 5.41) is 6.99. The van der Waals surface area contributed by atoms with Crippen LogP contribution >= 0.6 is 0 Å². The van der Waals surface area contributed by atoms with Gasteiger partial charge in [0.25, 0.3) is 5.91 Å². The lowest BCUT2D eigenvalue weighted by atomic mass is 10.2. The summed E-state index contributed by atoms with van der Waals surface area (Å²) in [6, 6.07) is 13.2. The van der Waals surface area contributed by atoms with Gasteiger partial charge in [-0.1, -0.05) is 30.4 Å². The summed E-state index contributed by atoms with van der Waals surface area (Å²) in [6.07, 6.45) is 3.21. The molecule has 26 heavy (non-hydrogen) atoms. The second-order valence-electron chi connectivity index (χ2n) is 5.52. The highest BCUT2D eigenvalue weighted by Gasteiger charge is 2.04. The molecule has 6 heteroatoms. The normalized spacial score (nSPS) is 10.4. The Kier molecular flexibility index (Phi) is 7.24. The smallest absolute Gasteiger partial charge is 0.259 e. The molecule has 136 valence electrons. The molecule has 0 radical (unpaired) electrons. The number of ether oxygens (including phenoxy) is 2. The molecule has 0 saturated heterocycles. The first-order valence-corrected chi connectivity index (χ1v) is 8.16. The van der Waals surface area contributed by atoms with Gasteiger partial charge < -0.3 is 14.8 Å². The second-order valence-corrected chi connectivity index (χ2v) is 5.52. The second kappa shape index (κ2) is 9.88. The molecule has 0 unspecified atom stereocenters. The number of carbonyl (C=O) groups excluding carboxylic acids is 1. The molecule has 0 atom stereocenters. The van der Waals surface area contributed by atoms with Crippen molar-refractivity contribution < 1.29 is 14.3 Å². The Morgan fingerprint density at radius 2 is 1.96 bits per heavy atom.